The number of esters is 1. The highest BCUT2D eigenvalue weighted by Crippen LogP contribution is 2.30. The molecule has 1 aliphatic heterocycles. The van der Waals surface area contributed by atoms with Gasteiger partial charge >= 0.3 is 5.97 Å². The molecule has 1 N–H and O–H groups in total. The number of nitro benzene ring substituents is 1. The van der Waals surface area contributed by atoms with E-state index in [1.165, 1.54) is 36.5 Å². The first-order chi connectivity index (χ1) is 15.6. The van der Waals surface area contributed by atoms with Gasteiger partial charge < -0.3 is 14.8 Å². The number of carbonyl (C=O) groups is 2. The van der Waals surface area contributed by atoms with Crippen LogP contribution in [0.15, 0.2) is 39.9 Å². The number of methoxy groups -OCH3 is 1. The monoisotopic (exact) mass is 497 g/mol. The normalized spacial score (nSPS) is 16.1. The van der Waals surface area contributed by atoms with Crippen molar-refractivity contribution in [2.24, 2.45) is 5.92 Å². The van der Waals surface area contributed by atoms with Crippen molar-refractivity contribution in [3.8, 4) is 5.75 Å². The zero-order valence-electron chi connectivity index (χ0n) is 17.9. The lowest BCUT2D eigenvalue weighted by molar-refractivity contribution is -0.384. The summed E-state index contributed by atoms with van der Waals surface area (Å²) in [6.07, 6.45) is -0.623. The summed E-state index contributed by atoms with van der Waals surface area (Å²) < 4.78 is 37.2. The van der Waals surface area contributed by atoms with Crippen LogP contribution in [0.2, 0.25) is 0 Å². The molecule has 1 saturated heterocycles. The van der Waals surface area contributed by atoms with E-state index in [9.17, 15) is 28.1 Å². The van der Waals surface area contributed by atoms with Gasteiger partial charge in [-0.1, -0.05) is 6.07 Å². The number of hydrogen-bond donors (Lipinski definition) is 1. The van der Waals surface area contributed by atoms with E-state index in [4.69, 9.17) is 9.47 Å². The van der Waals surface area contributed by atoms with Crippen LogP contribution < -0.4 is 10.1 Å². The highest BCUT2D eigenvalue weighted by atomic mass is 32.2. The molecule has 1 amide bonds. The van der Waals surface area contributed by atoms with Crippen LogP contribution in [0.1, 0.15) is 19.8 Å². The van der Waals surface area contributed by atoms with Crippen LogP contribution in [0.3, 0.4) is 0 Å². The van der Waals surface area contributed by atoms with Crippen molar-refractivity contribution in [1.29, 1.82) is 0 Å². The number of anilines is 1. The van der Waals surface area contributed by atoms with Gasteiger partial charge in [-0.05, 0) is 37.3 Å². The third-order valence-corrected chi connectivity index (χ3v) is 8.46. The number of piperidine rings is 1. The third kappa shape index (κ3) is 5.67. The molecular formula is C20H23N3O8S2. The Labute approximate surface area is 194 Å². The average Bonchev–Trinajstić information content (AvgIpc) is 3.35. The van der Waals surface area contributed by atoms with Crippen molar-refractivity contribution in [2.45, 2.75) is 30.1 Å². The molecule has 0 radical (unpaired) electrons. The second-order valence-electron chi connectivity index (χ2n) is 7.32. The fourth-order valence-corrected chi connectivity index (χ4v) is 5.95. The number of non-ortho nitro benzene ring substituents is 1. The number of carbonyl (C=O) groups excluding carboxylic acids is 2. The molecule has 2 heterocycles. The molecule has 3 rings (SSSR count). The number of amides is 1. The second-order valence-corrected chi connectivity index (χ2v) is 10.4. The molecule has 1 atom stereocenters. The van der Waals surface area contributed by atoms with Crippen LogP contribution in [0.25, 0.3) is 0 Å². The van der Waals surface area contributed by atoms with E-state index in [0.717, 1.165) is 17.4 Å². The van der Waals surface area contributed by atoms with Crippen molar-refractivity contribution >= 4 is 44.6 Å². The largest absolute Gasteiger partial charge is 0.495 e. The third-order valence-electron chi connectivity index (χ3n) is 5.19. The molecule has 11 nitrogen and oxygen atoms in total. The molecule has 0 aliphatic carbocycles. The number of benzene rings is 1. The Bertz CT molecular complexity index is 1130. The van der Waals surface area contributed by atoms with E-state index < -0.39 is 38.8 Å². The van der Waals surface area contributed by atoms with Crippen LogP contribution in [-0.2, 0) is 24.3 Å². The number of thiophene rings is 1. The molecule has 1 fully saturated rings. The molecule has 1 aromatic heterocycles. The summed E-state index contributed by atoms with van der Waals surface area (Å²) >= 11 is 1.14. The minimum absolute atomic E-state index is 0.0756. The Balaban J connectivity index is 1.56. The molecule has 2 aromatic rings. The Morgan fingerprint density at radius 1 is 1.27 bits per heavy atom. The fraction of sp³-hybridized carbons (Fsp3) is 0.400. The lowest BCUT2D eigenvalue weighted by atomic mass is 9.98. The van der Waals surface area contributed by atoms with Gasteiger partial charge in [0.25, 0.3) is 21.6 Å². The summed E-state index contributed by atoms with van der Waals surface area (Å²) in [5.41, 5.74) is -0.160. The smallest absolute Gasteiger partial charge is 0.309 e. The molecule has 178 valence electrons. The Morgan fingerprint density at radius 2 is 1.97 bits per heavy atom. The topological polar surface area (TPSA) is 145 Å². The first-order valence-electron chi connectivity index (χ1n) is 10.0. The van der Waals surface area contributed by atoms with Crippen LogP contribution in [0.4, 0.5) is 11.4 Å². The van der Waals surface area contributed by atoms with Gasteiger partial charge in [-0.15, -0.1) is 11.3 Å². The Kier molecular flexibility index (Phi) is 7.66. The van der Waals surface area contributed by atoms with Crippen molar-refractivity contribution < 1.29 is 32.4 Å². The first-order valence-corrected chi connectivity index (χ1v) is 12.3. The van der Waals surface area contributed by atoms with Crippen molar-refractivity contribution in [1.82, 2.24) is 4.31 Å². The van der Waals surface area contributed by atoms with Crippen molar-refractivity contribution in [2.75, 3.05) is 25.5 Å². The first kappa shape index (κ1) is 24.6. The van der Waals surface area contributed by atoms with Gasteiger partial charge in [0.1, 0.15) is 9.96 Å². The summed E-state index contributed by atoms with van der Waals surface area (Å²) in [4.78, 5) is 35.4. The number of nitrogens with zero attached hydrogens (tertiary/aromatic N) is 2. The van der Waals surface area contributed by atoms with Crippen molar-refractivity contribution in [3.63, 3.8) is 0 Å². The molecule has 0 saturated carbocycles. The van der Waals surface area contributed by atoms with Gasteiger partial charge in [0.15, 0.2) is 6.10 Å². The van der Waals surface area contributed by atoms with Gasteiger partial charge in [-0.3, -0.25) is 19.7 Å². The minimum atomic E-state index is -3.58. The Hall–Kier alpha value is -3.03. The molecule has 1 aliphatic rings. The highest BCUT2D eigenvalue weighted by molar-refractivity contribution is 7.91. The highest BCUT2D eigenvalue weighted by Gasteiger charge is 2.34. The number of sulfonamides is 1. The van der Waals surface area contributed by atoms with Gasteiger partial charge in [-0.25, -0.2) is 8.42 Å². The molecule has 1 aromatic carbocycles. The van der Waals surface area contributed by atoms with Crippen molar-refractivity contribution in [3.05, 3.63) is 45.8 Å². The molecule has 0 unspecified atom stereocenters. The summed E-state index contributed by atoms with van der Waals surface area (Å²) in [6, 6.07) is 6.94. The maximum Gasteiger partial charge on any atom is 0.309 e. The number of nitro groups is 1. The van der Waals surface area contributed by atoms with E-state index in [1.54, 1.807) is 11.4 Å². The Morgan fingerprint density at radius 3 is 2.55 bits per heavy atom. The maximum absolute atomic E-state index is 12.6. The standard InChI is InChI=1S/C20H23N3O8S2/c1-13(19(24)21-16-12-15(23(26)27)5-6-17(16)30-2)31-20(25)14-7-9-22(10-8-14)33(28,29)18-4-3-11-32-18/h3-6,11-14H,7-10H2,1-2H3,(H,21,24)/t13-/m1/s1. The van der Waals surface area contributed by atoms with E-state index in [1.807, 2.05) is 0 Å². The van der Waals surface area contributed by atoms with E-state index in [0.29, 0.717) is 0 Å². The fourth-order valence-electron chi connectivity index (χ4n) is 3.33. The zero-order chi connectivity index (χ0) is 24.2. The van der Waals surface area contributed by atoms with E-state index in [2.05, 4.69) is 5.32 Å². The number of rotatable bonds is 8. The minimum Gasteiger partial charge on any atom is -0.495 e. The van der Waals surface area contributed by atoms with Gasteiger partial charge in [-0.2, -0.15) is 4.31 Å². The van der Waals surface area contributed by atoms with E-state index in [-0.39, 0.29) is 47.3 Å². The molecule has 33 heavy (non-hydrogen) atoms. The summed E-state index contributed by atoms with van der Waals surface area (Å²) in [5, 5.41) is 15.1. The van der Waals surface area contributed by atoms with Crippen LogP contribution in [0, 0.1) is 16.0 Å². The van der Waals surface area contributed by atoms with Crippen LogP contribution in [0.5, 0.6) is 5.75 Å². The molecule has 0 bridgehead atoms. The summed E-state index contributed by atoms with van der Waals surface area (Å²) in [5.74, 6) is -1.61. The SMILES string of the molecule is COc1ccc([N+](=O)[O-])cc1NC(=O)[C@@H](C)OC(=O)C1CCN(S(=O)(=O)c2cccs2)CC1. The second kappa shape index (κ2) is 10.3. The zero-order valence-corrected chi connectivity index (χ0v) is 19.6. The quantitative estimate of drug-likeness (QED) is 0.333. The lowest BCUT2D eigenvalue weighted by Gasteiger charge is -2.30. The van der Waals surface area contributed by atoms with Crippen LogP contribution >= 0.6 is 11.3 Å². The average molecular weight is 498 g/mol. The predicted octanol–water partition coefficient (Wildman–Crippen LogP) is 2.64. The maximum atomic E-state index is 12.6. The van der Waals surface area contributed by atoms with Gasteiger partial charge in [0.2, 0.25) is 0 Å². The predicted molar refractivity (Wildman–Crippen MR) is 120 cm³/mol. The van der Waals surface area contributed by atoms with Crippen LogP contribution in [-0.4, -0.2) is 55.8 Å². The van der Waals surface area contributed by atoms with Gasteiger partial charge in [0, 0.05) is 25.2 Å². The summed E-state index contributed by atoms with van der Waals surface area (Å²) in [6.45, 7) is 1.73. The summed E-state index contributed by atoms with van der Waals surface area (Å²) in [7, 11) is -2.23. The van der Waals surface area contributed by atoms with Gasteiger partial charge in [0.05, 0.1) is 23.6 Å². The molecule has 0 spiro atoms. The molecule has 13 heteroatoms. The number of hydrogen-bond acceptors (Lipinski definition) is 9. The van der Waals surface area contributed by atoms with E-state index >= 15 is 0 Å². The molecular weight excluding hydrogens is 474 g/mol. The lowest BCUT2D eigenvalue weighted by Crippen LogP contribution is -2.41. The number of nitrogens with one attached hydrogen (secondary N) is 1. The number of ether oxygens (including phenoxy) is 2.